The Morgan fingerprint density at radius 1 is 1.23 bits per heavy atom. The lowest BCUT2D eigenvalue weighted by molar-refractivity contribution is 0.224. The zero-order chi connectivity index (χ0) is 10.5. The molecule has 2 atom stereocenters. The van der Waals surface area contributed by atoms with Crippen molar-refractivity contribution in [3.8, 4) is 0 Å². The maximum Gasteiger partial charge on any atom is -0.0149 e. The van der Waals surface area contributed by atoms with Gasteiger partial charge in [-0.2, -0.15) is 0 Å². The number of hydrogen-bond donors (Lipinski definition) is 0. The van der Waals surface area contributed by atoms with Crippen molar-refractivity contribution in [1.82, 2.24) is 0 Å². The molecule has 0 saturated heterocycles. The fourth-order valence-corrected chi connectivity index (χ4v) is 1.82. The second-order valence-electron chi connectivity index (χ2n) is 4.88. The normalized spacial score (nSPS) is 16.7. The highest BCUT2D eigenvalue weighted by molar-refractivity contribution is 4.92. The molecule has 0 fully saturated rings. The van der Waals surface area contributed by atoms with Gasteiger partial charge in [0, 0.05) is 0 Å². The summed E-state index contributed by atoms with van der Waals surface area (Å²) in [6.07, 6.45) is 6.02. The van der Waals surface area contributed by atoms with Crippen LogP contribution in [0.25, 0.3) is 0 Å². The molecule has 0 bridgehead atoms. The summed E-state index contributed by atoms with van der Waals surface area (Å²) in [6, 6.07) is 0. The third kappa shape index (κ3) is 3.97. The van der Waals surface area contributed by atoms with E-state index < -0.39 is 0 Å². The molecule has 0 heteroatoms. The topological polar surface area (TPSA) is 0 Å². The minimum atomic E-state index is 0.304. The van der Waals surface area contributed by atoms with Crippen LogP contribution in [0.5, 0.6) is 0 Å². The summed E-state index contributed by atoms with van der Waals surface area (Å²) in [6.45, 7) is 15.5. The molecule has 0 amide bonds. The van der Waals surface area contributed by atoms with Crippen molar-refractivity contribution in [3.05, 3.63) is 12.7 Å². The van der Waals surface area contributed by atoms with Crippen LogP contribution in [0.3, 0.4) is 0 Å². The van der Waals surface area contributed by atoms with Crippen LogP contribution < -0.4 is 0 Å². The molecule has 0 aromatic heterocycles. The van der Waals surface area contributed by atoms with Gasteiger partial charge in [-0.05, 0) is 23.7 Å². The van der Waals surface area contributed by atoms with Gasteiger partial charge in [0.1, 0.15) is 0 Å². The smallest absolute Gasteiger partial charge is 0.0149 e. The molecular formula is C13H26. The molecule has 0 saturated carbocycles. The molecule has 0 rings (SSSR count). The number of hydrogen-bond acceptors (Lipinski definition) is 0. The van der Waals surface area contributed by atoms with Gasteiger partial charge in [0.2, 0.25) is 0 Å². The summed E-state index contributed by atoms with van der Waals surface area (Å²) in [7, 11) is 0. The van der Waals surface area contributed by atoms with E-state index in [4.69, 9.17) is 0 Å². The molecule has 0 aliphatic carbocycles. The minimum Gasteiger partial charge on any atom is -0.103 e. The summed E-state index contributed by atoms with van der Waals surface area (Å²) < 4.78 is 0. The van der Waals surface area contributed by atoms with E-state index in [1.807, 2.05) is 0 Å². The molecule has 78 valence electrons. The van der Waals surface area contributed by atoms with E-state index in [1.54, 1.807) is 0 Å². The molecular weight excluding hydrogens is 156 g/mol. The van der Waals surface area contributed by atoms with Crippen molar-refractivity contribution in [3.63, 3.8) is 0 Å². The van der Waals surface area contributed by atoms with Crippen LogP contribution in [-0.2, 0) is 0 Å². The van der Waals surface area contributed by atoms with E-state index in [9.17, 15) is 0 Å². The molecule has 13 heavy (non-hydrogen) atoms. The first-order valence-electron chi connectivity index (χ1n) is 5.61. The zero-order valence-corrected chi connectivity index (χ0v) is 10.1. The third-order valence-electron chi connectivity index (χ3n) is 3.45. The Morgan fingerprint density at radius 2 is 1.77 bits per heavy atom. The van der Waals surface area contributed by atoms with Gasteiger partial charge in [-0.3, -0.25) is 0 Å². The Hall–Kier alpha value is -0.260. The summed E-state index contributed by atoms with van der Waals surface area (Å²) in [4.78, 5) is 0. The summed E-state index contributed by atoms with van der Waals surface area (Å²) in [5.74, 6) is 1.64. The number of allylic oxidation sites excluding steroid dienone is 1. The van der Waals surface area contributed by atoms with Crippen molar-refractivity contribution in [1.29, 1.82) is 0 Å². The average molecular weight is 182 g/mol. The van der Waals surface area contributed by atoms with Crippen LogP contribution in [0, 0.1) is 17.3 Å². The third-order valence-corrected chi connectivity index (χ3v) is 3.45. The Morgan fingerprint density at radius 3 is 2.08 bits per heavy atom. The van der Waals surface area contributed by atoms with E-state index in [0.29, 0.717) is 5.41 Å². The van der Waals surface area contributed by atoms with E-state index in [0.717, 1.165) is 11.8 Å². The lowest BCUT2D eigenvalue weighted by atomic mass is 9.73. The van der Waals surface area contributed by atoms with Crippen LogP contribution in [-0.4, -0.2) is 0 Å². The van der Waals surface area contributed by atoms with Crippen LogP contribution >= 0.6 is 0 Å². The highest BCUT2D eigenvalue weighted by Crippen LogP contribution is 2.35. The van der Waals surface area contributed by atoms with Gasteiger partial charge in [-0.15, -0.1) is 6.58 Å². The Bertz CT molecular complexity index is 144. The van der Waals surface area contributed by atoms with E-state index >= 15 is 0 Å². The zero-order valence-electron chi connectivity index (χ0n) is 10.1. The molecule has 0 spiro atoms. The molecule has 0 aliphatic heterocycles. The van der Waals surface area contributed by atoms with E-state index in [1.165, 1.54) is 19.3 Å². The minimum absolute atomic E-state index is 0.304. The summed E-state index contributed by atoms with van der Waals surface area (Å²) in [5.41, 5.74) is 0.304. The van der Waals surface area contributed by atoms with Gasteiger partial charge in [0.25, 0.3) is 0 Å². The van der Waals surface area contributed by atoms with Crippen LogP contribution in [0.4, 0.5) is 0 Å². The lowest BCUT2D eigenvalue weighted by Gasteiger charge is -2.32. The highest BCUT2D eigenvalue weighted by Gasteiger charge is 2.25. The van der Waals surface area contributed by atoms with Gasteiger partial charge in [-0.1, -0.05) is 53.5 Å². The van der Waals surface area contributed by atoms with Gasteiger partial charge in [0.05, 0.1) is 0 Å². The largest absolute Gasteiger partial charge is 0.103 e. The lowest BCUT2D eigenvalue weighted by Crippen LogP contribution is -2.22. The monoisotopic (exact) mass is 182 g/mol. The SMILES string of the molecule is C=CC(C)(C)C(CC)CC(C)CC. The van der Waals surface area contributed by atoms with E-state index in [2.05, 4.69) is 47.3 Å². The quantitative estimate of drug-likeness (QED) is 0.524. The van der Waals surface area contributed by atoms with E-state index in [-0.39, 0.29) is 0 Å². The Balaban J connectivity index is 4.25. The molecule has 2 unspecified atom stereocenters. The molecule has 0 aliphatic rings. The molecule has 0 aromatic carbocycles. The van der Waals surface area contributed by atoms with Crippen molar-refractivity contribution in [2.24, 2.45) is 17.3 Å². The maximum atomic E-state index is 3.93. The first-order valence-corrected chi connectivity index (χ1v) is 5.61. The van der Waals surface area contributed by atoms with Gasteiger partial charge >= 0.3 is 0 Å². The fraction of sp³-hybridized carbons (Fsp3) is 0.846. The second-order valence-corrected chi connectivity index (χ2v) is 4.88. The van der Waals surface area contributed by atoms with Crippen molar-refractivity contribution in [2.45, 2.75) is 53.9 Å². The second kappa shape index (κ2) is 5.47. The average Bonchev–Trinajstić information content (AvgIpc) is 2.13. The first kappa shape index (κ1) is 12.7. The molecule has 0 radical (unpaired) electrons. The van der Waals surface area contributed by atoms with Gasteiger partial charge in [-0.25, -0.2) is 0 Å². The summed E-state index contributed by atoms with van der Waals surface area (Å²) >= 11 is 0. The van der Waals surface area contributed by atoms with Gasteiger partial charge < -0.3 is 0 Å². The van der Waals surface area contributed by atoms with Crippen molar-refractivity contribution >= 4 is 0 Å². The fourth-order valence-electron chi connectivity index (χ4n) is 1.82. The standard InChI is InChI=1S/C13H26/c1-7-11(4)10-12(8-2)13(5,6)9-3/h9,11-12H,3,7-8,10H2,1-2,4-6H3. The summed E-state index contributed by atoms with van der Waals surface area (Å²) in [5, 5.41) is 0. The molecule has 0 heterocycles. The molecule has 0 nitrogen and oxygen atoms in total. The predicted octanol–water partition coefficient (Wildman–Crippen LogP) is 4.66. The van der Waals surface area contributed by atoms with Gasteiger partial charge in [0.15, 0.2) is 0 Å². The van der Waals surface area contributed by atoms with Crippen molar-refractivity contribution < 1.29 is 0 Å². The van der Waals surface area contributed by atoms with Crippen LogP contribution in [0.1, 0.15) is 53.9 Å². The predicted molar refractivity (Wildman–Crippen MR) is 61.8 cm³/mol. The maximum absolute atomic E-state index is 3.93. The molecule has 0 aromatic rings. The Kier molecular flexibility index (Phi) is 5.36. The highest BCUT2D eigenvalue weighted by atomic mass is 14.3. The van der Waals surface area contributed by atoms with Crippen LogP contribution in [0.2, 0.25) is 0 Å². The Labute approximate surface area is 84.4 Å². The number of rotatable bonds is 6. The first-order chi connectivity index (χ1) is 5.97. The van der Waals surface area contributed by atoms with Crippen molar-refractivity contribution in [2.75, 3.05) is 0 Å². The van der Waals surface area contributed by atoms with Crippen LogP contribution in [0.15, 0.2) is 12.7 Å². The molecule has 0 N–H and O–H groups in total.